The number of hydrazine groups is 1. The summed E-state index contributed by atoms with van der Waals surface area (Å²) in [4.78, 5) is 12.2. The minimum atomic E-state index is -0.280. The minimum Gasteiger partial charge on any atom is -0.323 e. The summed E-state index contributed by atoms with van der Waals surface area (Å²) >= 11 is 9.36. The maximum Gasteiger partial charge on any atom is 0.257 e. The van der Waals surface area contributed by atoms with Gasteiger partial charge in [-0.3, -0.25) is 10.6 Å². The average molecular weight is 341 g/mol. The Morgan fingerprint density at radius 1 is 1.16 bits per heavy atom. The molecule has 0 aliphatic rings. The van der Waals surface area contributed by atoms with Gasteiger partial charge in [-0.2, -0.15) is 0 Å². The smallest absolute Gasteiger partial charge is 0.257 e. The van der Waals surface area contributed by atoms with Gasteiger partial charge >= 0.3 is 0 Å². The molecule has 0 saturated carbocycles. The van der Waals surface area contributed by atoms with Crippen molar-refractivity contribution in [1.82, 2.24) is 0 Å². The molecule has 0 unspecified atom stereocenters. The molecule has 0 aliphatic carbocycles. The molecule has 0 radical (unpaired) electrons. The number of anilines is 2. The summed E-state index contributed by atoms with van der Waals surface area (Å²) in [6, 6.07) is 12.2. The number of nitrogens with one attached hydrogen (secondary N) is 2. The Morgan fingerprint density at radius 2 is 1.89 bits per heavy atom. The third-order valence-corrected chi connectivity index (χ3v) is 3.31. The van der Waals surface area contributed by atoms with Crippen LogP contribution in [-0.2, 0) is 0 Å². The van der Waals surface area contributed by atoms with Crippen molar-refractivity contribution < 1.29 is 4.79 Å². The highest BCUT2D eigenvalue weighted by atomic mass is 79.9. The number of rotatable bonds is 3. The Bertz CT molecular complexity index is 619. The van der Waals surface area contributed by atoms with Crippen LogP contribution >= 0.6 is 27.5 Å². The number of carbonyl (C=O) groups excluding carboxylic acids is 1. The number of amides is 1. The Kier molecular flexibility index (Phi) is 4.42. The van der Waals surface area contributed by atoms with E-state index in [4.69, 9.17) is 17.4 Å². The summed E-state index contributed by atoms with van der Waals surface area (Å²) in [5.41, 5.74) is 4.03. The molecule has 6 heteroatoms. The fourth-order valence-corrected chi connectivity index (χ4v) is 2.31. The molecule has 1 amide bonds. The molecule has 0 aromatic heterocycles. The second-order valence-corrected chi connectivity index (χ2v) is 5.09. The van der Waals surface area contributed by atoms with Crippen molar-refractivity contribution in [2.75, 3.05) is 10.7 Å². The second-order valence-electron chi connectivity index (χ2n) is 3.77. The van der Waals surface area contributed by atoms with Crippen LogP contribution in [0.15, 0.2) is 46.9 Å². The van der Waals surface area contributed by atoms with Crippen LogP contribution in [0.4, 0.5) is 11.4 Å². The number of halogens is 2. The van der Waals surface area contributed by atoms with Crippen LogP contribution in [0.5, 0.6) is 0 Å². The molecular formula is C13H11BrClN3O. The van der Waals surface area contributed by atoms with Gasteiger partial charge < -0.3 is 10.7 Å². The van der Waals surface area contributed by atoms with Gasteiger partial charge in [-0.25, -0.2) is 0 Å². The molecule has 0 fully saturated rings. The highest BCUT2D eigenvalue weighted by Gasteiger charge is 2.12. The first-order valence-electron chi connectivity index (χ1n) is 5.44. The molecule has 0 saturated heterocycles. The van der Waals surface area contributed by atoms with Gasteiger partial charge in [0.05, 0.1) is 22.0 Å². The first kappa shape index (κ1) is 13.9. The topological polar surface area (TPSA) is 67.1 Å². The Balaban J connectivity index is 2.26. The van der Waals surface area contributed by atoms with E-state index in [1.807, 2.05) is 0 Å². The average Bonchev–Trinajstić information content (AvgIpc) is 2.41. The third-order valence-electron chi connectivity index (χ3n) is 2.51. The van der Waals surface area contributed by atoms with Gasteiger partial charge in [0.15, 0.2) is 0 Å². The van der Waals surface area contributed by atoms with Gasteiger partial charge in [-0.1, -0.05) is 39.7 Å². The normalized spacial score (nSPS) is 10.1. The number of carbonyl (C=O) groups is 1. The van der Waals surface area contributed by atoms with Crippen molar-refractivity contribution >= 4 is 44.8 Å². The second kappa shape index (κ2) is 6.06. The number of hydrogen-bond acceptors (Lipinski definition) is 3. The molecule has 0 aliphatic heterocycles. The molecule has 2 rings (SSSR count). The zero-order valence-corrected chi connectivity index (χ0v) is 12.1. The van der Waals surface area contributed by atoms with E-state index in [1.54, 1.807) is 42.5 Å². The molecule has 4 N–H and O–H groups in total. The Morgan fingerprint density at radius 3 is 2.58 bits per heavy atom. The van der Waals surface area contributed by atoms with Crippen molar-refractivity contribution in [2.45, 2.75) is 0 Å². The van der Waals surface area contributed by atoms with Crippen molar-refractivity contribution in [3.05, 3.63) is 57.5 Å². The molecule has 4 nitrogen and oxygen atoms in total. The van der Waals surface area contributed by atoms with Crippen LogP contribution in [0.1, 0.15) is 10.4 Å². The lowest BCUT2D eigenvalue weighted by atomic mass is 10.1. The zero-order chi connectivity index (χ0) is 13.8. The van der Waals surface area contributed by atoms with Crippen molar-refractivity contribution in [2.24, 2.45) is 5.84 Å². The van der Waals surface area contributed by atoms with Gasteiger partial charge in [-0.15, -0.1) is 0 Å². The molecule has 0 atom stereocenters. The predicted molar refractivity (Wildman–Crippen MR) is 81.4 cm³/mol. The maximum absolute atomic E-state index is 12.2. The summed E-state index contributed by atoms with van der Waals surface area (Å²) in [6.45, 7) is 0. The lowest BCUT2D eigenvalue weighted by Crippen LogP contribution is -2.17. The van der Waals surface area contributed by atoms with Crippen LogP contribution in [0.3, 0.4) is 0 Å². The van der Waals surface area contributed by atoms with Crippen molar-refractivity contribution in [3.8, 4) is 0 Å². The summed E-state index contributed by atoms with van der Waals surface area (Å²) in [6.07, 6.45) is 0. The lowest BCUT2D eigenvalue weighted by Gasteiger charge is -2.10. The van der Waals surface area contributed by atoms with E-state index in [1.165, 1.54) is 0 Å². The summed E-state index contributed by atoms with van der Waals surface area (Å²) in [5.74, 6) is 5.09. The van der Waals surface area contributed by atoms with Crippen molar-refractivity contribution in [1.29, 1.82) is 0 Å². The van der Waals surface area contributed by atoms with E-state index in [2.05, 4.69) is 26.7 Å². The summed E-state index contributed by atoms with van der Waals surface area (Å²) in [5, 5.41) is 3.20. The van der Waals surface area contributed by atoms with Crippen LogP contribution in [0.25, 0.3) is 0 Å². The number of nitrogens with two attached hydrogens (primary N) is 1. The minimum absolute atomic E-state index is 0.280. The van der Waals surface area contributed by atoms with E-state index < -0.39 is 0 Å². The molecular weight excluding hydrogens is 330 g/mol. The molecule has 0 bridgehead atoms. The molecule has 98 valence electrons. The fraction of sp³-hybridized carbons (Fsp3) is 0. The number of nitrogen functional groups attached to an aromatic ring is 1. The Labute approximate surface area is 124 Å². The zero-order valence-electron chi connectivity index (χ0n) is 9.78. The lowest BCUT2D eigenvalue weighted by molar-refractivity contribution is 0.102. The predicted octanol–water partition coefficient (Wildman–Crippen LogP) is 3.64. The number of benzene rings is 2. The monoisotopic (exact) mass is 339 g/mol. The third kappa shape index (κ3) is 3.26. The molecule has 0 spiro atoms. The van der Waals surface area contributed by atoms with E-state index >= 15 is 0 Å². The molecule has 19 heavy (non-hydrogen) atoms. The van der Waals surface area contributed by atoms with Crippen LogP contribution in [0, 0.1) is 0 Å². The van der Waals surface area contributed by atoms with E-state index in [9.17, 15) is 4.79 Å². The van der Waals surface area contributed by atoms with Gasteiger partial charge in [0.25, 0.3) is 5.91 Å². The van der Waals surface area contributed by atoms with E-state index in [-0.39, 0.29) is 5.91 Å². The Hall–Kier alpha value is -1.56. The fourth-order valence-electron chi connectivity index (χ4n) is 1.59. The molecule has 0 heterocycles. The summed E-state index contributed by atoms with van der Waals surface area (Å²) in [7, 11) is 0. The van der Waals surface area contributed by atoms with E-state index in [0.29, 0.717) is 22.0 Å². The van der Waals surface area contributed by atoms with E-state index in [0.717, 1.165) is 4.47 Å². The highest BCUT2D eigenvalue weighted by Crippen LogP contribution is 2.26. The molecule has 2 aromatic rings. The SMILES string of the molecule is NNc1ccccc1C(=O)Nc1ccc(Br)cc1Cl. The van der Waals surface area contributed by atoms with Gasteiger partial charge in [0, 0.05) is 4.47 Å². The standard InChI is InChI=1S/C13H11BrClN3O/c14-8-5-6-12(10(15)7-8)17-13(19)9-3-1-2-4-11(9)18-16/h1-7,18H,16H2,(H,17,19). The van der Waals surface area contributed by atoms with Gasteiger partial charge in [0.2, 0.25) is 0 Å². The first-order chi connectivity index (χ1) is 9.11. The first-order valence-corrected chi connectivity index (χ1v) is 6.61. The van der Waals surface area contributed by atoms with Gasteiger partial charge in [-0.05, 0) is 30.3 Å². The maximum atomic E-state index is 12.2. The van der Waals surface area contributed by atoms with Crippen LogP contribution in [-0.4, -0.2) is 5.91 Å². The molecule has 2 aromatic carbocycles. The summed E-state index contributed by atoms with van der Waals surface area (Å²) < 4.78 is 0.847. The number of hydrogen-bond donors (Lipinski definition) is 3. The van der Waals surface area contributed by atoms with Gasteiger partial charge in [0.1, 0.15) is 0 Å². The van der Waals surface area contributed by atoms with Crippen molar-refractivity contribution in [3.63, 3.8) is 0 Å². The van der Waals surface area contributed by atoms with Crippen LogP contribution in [0.2, 0.25) is 5.02 Å². The quantitative estimate of drug-likeness (QED) is 0.590. The highest BCUT2D eigenvalue weighted by molar-refractivity contribution is 9.10. The number of para-hydroxylation sites is 1. The largest absolute Gasteiger partial charge is 0.323 e. The van der Waals surface area contributed by atoms with Crippen LogP contribution < -0.4 is 16.6 Å².